The van der Waals surface area contributed by atoms with Crippen LogP contribution in [0.1, 0.15) is 25.3 Å². The van der Waals surface area contributed by atoms with Gasteiger partial charge in [-0.25, -0.2) is 0 Å². The van der Waals surface area contributed by atoms with Crippen molar-refractivity contribution in [3.8, 4) is 5.75 Å². The highest BCUT2D eigenvalue weighted by Crippen LogP contribution is 2.56. The van der Waals surface area contributed by atoms with Gasteiger partial charge in [-0.3, -0.25) is 9.59 Å². The average molecular weight is 357 g/mol. The predicted octanol–water partition coefficient (Wildman–Crippen LogP) is 2.49. The molecular weight excluding hydrogens is 339 g/mol. The number of hydrogen-bond acceptors (Lipinski definition) is 4. The molecule has 3 rings (SSSR count). The van der Waals surface area contributed by atoms with Crippen LogP contribution in [-0.4, -0.2) is 35.8 Å². The van der Waals surface area contributed by atoms with E-state index in [0.29, 0.717) is 18.5 Å². The molecule has 0 bridgehead atoms. The zero-order valence-electron chi connectivity index (χ0n) is 13.5. The maximum absolute atomic E-state index is 13.0. The first-order valence-corrected chi connectivity index (χ1v) is 8.00. The molecule has 4 atom stereocenters. The third-order valence-electron chi connectivity index (χ3n) is 5.15. The highest BCUT2D eigenvalue weighted by Gasteiger charge is 2.60. The third kappa shape index (κ3) is 3.35. The van der Waals surface area contributed by atoms with Crippen LogP contribution in [0.25, 0.3) is 0 Å². The molecule has 1 aliphatic heterocycles. The molecule has 136 valence electrons. The number of carboxylic acids is 1. The molecule has 1 saturated heterocycles. The number of ether oxygens (including phenoxy) is 1. The number of hydrogen-bond donors (Lipinski definition) is 2. The molecule has 8 heteroatoms. The summed E-state index contributed by atoms with van der Waals surface area (Å²) in [6.07, 6.45) is -3.92. The van der Waals surface area contributed by atoms with Gasteiger partial charge in [0.25, 0.3) is 0 Å². The van der Waals surface area contributed by atoms with Gasteiger partial charge in [0, 0.05) is 12.5 Å². The number of rotatable bonds is 5. The number of alkyl halides is 3. The lowest BCUT2D eigenvalue weighted by molar-refractivity contribution is -0.274. The Morgan fingerprint density at radius 3 is 2.32 bits per heavy atom. The van der Waals surface area contributed by atoms with Crippen molar-refractivity contribution in [1.29, 1.82) is 0 Å². The predicted molar refractivity (Wildman–Crippen MR) is 81.1 cm³/mol. The second-order valence-corrected chi connectivity index (χ2v) is 6.74. The molecule has 0 radical (unpaired) electrons. The van der Waals surface area contributed by atoms with Crippen molar-refractivity contribution in [2.75, 3.05) is 6.54 Å². The van der Waals surface area contributed by atoms with Crippen LogP contribution >= 0.6 is 0 Å². The van der Waals surface area contributed by atoms with Gasteiger partial charge in [-0.1, -0.05) is 19.1 Å². The van der Waals surface area contributed by atoms with Crippen molar-refractivity contribution in [3.05, 3.63) is 29.8 Å². The first-order valence-electron chi connectivity index (χ1n) is 8.00. The van der Waals surface area contributed by atoms with E-state index in [9.17, 15) is 22.8 Å². The molecule has 0 amide bonds. The molecule has 25 heavy (non-hydrogen) atoms. The molecule has 2 fully saturated rings. The summed E-state index contributed by atoms with van der Waals surface area (Å²) in [6, 6.07) is 4.65. The van der Waals surface area contributed by atoms with Crippen molar-refractivity contribution in [1.82, 2.24) is 5.32 Å². The summed E-state index contributed by atoms with van der Waals surface area (Å²) in [5, 5.41) is 11.9. The summed E-state index contributed by atoms with van der Waals surface area (Å²) in [5.41, 5.74) is -0.0884. The van der Waals surface area contributed by atoms with Gasteiger partial charge in [0.2, 0.25) is 0 Å². The molecule has 0 spiro atoms. The molecule has 0 aromatic heterocycles. The second-order valence-electron chi connectivity index (χ2n) is 6.74. The molecule has 1 aromatic carbocycles. The van der Waals surface area contributed by atoms with Crippen LogP contribution in [0.4, 0.5) is 13.2 Å². The molecule has 5 nitrogen and oxygen atoms in total. The van der Waals surface area contributed by atoms with Crippen LogP contribution in [0.15, 0.2) is 24.3 Å². The van der Waals surface area contributed by atoms with Crippen LogP contribution in [0.5, 0.6) is 5.75 Å². The van der Waals surface area contributed by atoms with Crippen LogP contribution in [0.2, 0.25) is 0 Å². The minimum absolute atomic E-state index is 0.0410. The Hall–Kier alpha value is -2.09. The fraction of sp³-hybridized carbons (Fsp3) is 0.529. The number of nitrogens with one attached hydrogen (secondary N) is 1. The molecule has 2 N–H and O–H groups in total. The van der Waals surface area contributed by atoms with Crippen molar-refractivity contribution in [2.24, 2.45) is 11.8 Å². The number of carboxylic acid groups (broad SMARTS) is 1. The van der Waals surface area contributed by atoms with Gasteiger partial charge in [-0.05, 0) is 36.5 Å². The maximum atomic E-state index is 13.0. The second kappa shape index (κ2) is 6.01. The van der Waals surface area contributed by atoms with Crippen molar-refractivity contribution in [3.63, 3.8) is 0 Å². The zero-order valence-corrected chi connectivity index (χ0v) is 13.5. The van der Waals surface area contributed by atoms with E-state index in [4.69, 9.17) is 5.11 Å². The lowest BCUT2D eigenvalue weighted by Gasteiger charge is -2.20. The molecule has 1 aromatic rings. The van der Waals surface area contributed by atoms with E-state index in [2.05, 4.69) is 10.1 Å². The van der Waals surface area contributed by atoms with Gasteiger partial charge in [0.15, 0.2) is 0 Å². The number of ketones is 1. The van der Waals surface area contributed by atoms with E-state index in [0.717, 1.165) is 0 Å². The Bertz CT molecular complexity index is 688. The summed E-state index contributed by atoms with van der Waals surface area (Å²) in [5.74, 6) is -1.70. The van der Waals surface area contributed by atoms with Crippen LogP contribution in [0, 0.1) is 11.8 Å². The van der Waals surface area contributed by atoms with E-state index in [-0.39, 0.29) is 23.9 Å². The standard InChI is InChI=1S/C17H18F3NO4/c1-9-7-16(9,14(22)10-6-13(15(23)24)21-8-10)11-2-4-12(5-3-11)25-17(18,19)20/h2-5,9-10,13,21H,6-8H2,1H3,(H,23,24)/t9?,10-,13+,16?/m1/s1. The van der Waals surface area contributed by atoms with E-state index in [1.54, 1.807) is 0 Å². The Kier molecular flexibility index (Phi) is 4.26. The molecule has 1 saturated carbocycles. The number of carbonyl (C=O) groups is 2. The largest absolute Gasteiger partial charge is 0.573 e. The topological polar surface area (TPSA) is 75.6 Å². The summed E-state index contributed by atoms with van der Waals surface area (Å²) >= 11 is 0. The number of benzene rings is 1. The summed E-state index contributed by atoms with van der Waals surface area (Å²) < 4.78 is 40.6. The maximum Gasteiger partial charge on any atom is 0.573 e. The number of halogens is 3. The highest BCUT2D eigenvalue weighted by molar-refractivity contribution is 5.96. The van der Waals surface area contributed by atoms with E-state index in [1.807, 2.05) is 6.92 Å². The van der Waals surface area contributed by atoms with Crippen LogP contribution < -0.4 is 10.1 Å². The van der Waals surface area contributed by atoms with Gasteiger partial charge in [0.1, 0.15) is 17.6 Å². The van der Waals surface area contributed by atoms with Gasteiger partial charge in [-0.15, -0.1) is 13.2 Å². The Morgan fingerprint density at radius 1 is 1.28 bits per heavy atom. The minimum atomic E-state index is -4.76. The number of carbonyl (C=O) groups excluding carboxylic acids is 1. The van der Waals surface area contributed by atoms with Crippen molar-refractivity contribution < 1.29 is 32.6 Å². The Morgan fingerprint density at radius 2 is 1.88 bits per heavy atom. The van der Waals surface area contributed by atoms with E-state index >= 15 is 0 Å². The molecule has 1 heterocycles. The molecule has 1 aliphatic carbocycles. The van der Waals surface area contributed by atoms with E-state index in [1.165, 1.54) is 24.3 Å². The van der Waals surface area contributed by atoms with Gasteiger partial charge < -0.3 is 15.2 Å². The number of Topliss-reactive ketones (excluding diaryl/α,β-unsaturated/α-hetero) is 1. The summed E-state index contributed by atoms with van der Waals surface area (Å²) in [4.78, 5) is 24.0. The lowest BCUT2D eigenvalue weighted by atomic mass is 9.81. The fourth-order valence-electron chi connectivity index (χ4n) is 3.75. The lowest BCUT2D eigenvalue weighted by Crippen LogP contribution is -2.31. The average Bonchev–Trinajstić information content (AvgIpc) is 2.96. The monoisotopic (exact) mass is 357 g/mol. The quantitative estimate of drug-likeness (QED) is 0.847. The molecular formula is C17H18F3NO4. The van der Waals surface area contributed by atoms with Crippen molar-refractivity contribution >= 4 is 11.8 Å². The molecule has 2 unspecified atom stereocenters. The fourth-order valence-corrected chi connectivity index (χ4v) is 3.75. The van der Waals surface area contributed by atoms with Gasteiger partial charge in [-0.2, -0.15) is 0 Å². The van der Waals surface area contributed by atoms with Crippen LogP contribution in [0.3, 0.4) is 0 Å². The zero-order chi connectivity index (χ0) is 18.4. The third-order valence-corrected chi connectivity index (χ3v) is 5.15. The minimum Gasteiger partial charge on any atom is -0.480 e. The summed E-state index contributed by atoms with van der Waals surface area (Å²) in [6.45, 7) is 2.22. The first kappa shape index (κ1) is 17.7. The Labute approximate surface area is 142 Å². The normalized spacial score (nSPS) is 31.6. The SMILES string of the molecule is CC1CC1(C(=O)[C@H]1CN[C@H](C(=O)O)C1)c1ccc(OC(F)(F)F)cc1. The Balaban J connectivity index is 1.77. The first-order chi connectivity index (χ1) is 11.6. The summed E-state index contributed by atoms with van der Waals surface area (Å²) in [7, 11) is 0. The smallest absolute Gasteiger partial charge is 0.480 e. The van der Waals surface area contributed by atoms with Gasteiger partial charge >= 0.3 is 12.3 Å². The number of aliphatic carboxylic acids is 1. The van der Waals surface area contributed by atoms with E-state index < -0.39 is 29.7 Å². The molecule has 2 aliphatic rings. The van der Waals surface area contributed by atoms with Crippen molar-refractivity contribution in [2.45, 2.75) is 37.6 Å². The van der Waals surface area contributed by atoms with Crippen LogP contribution in [-0.2, 0) is 15.0 Å². The highest BCUT2D eigenvalue weighted by atomic mass is 19.4. The van der Waals surface area contributed by atoms with Gasteiger partial charge in [0.05, 0.1) is 5.41 Å².